The standard InChI is InChI=1S/C23H20ClFN2O5S/c1-15-6-7-16(12-20(15)25)13-26-22(28)14-32-23(29)19-4-2-3-5-21(19)27-33(30,31)18-10-8-17(24)9-11-18/h2-12,27H,13-14H2,1H3,(H,26,28). The predicted molar refractivity (Wildman–Crippen MR) is 122 cm³/mol. The Kier molecular flexibility index (Phi) is 7.67. The molecule has 0 atom stereocenters. The molecule has 0 fully saturated rings. The first-order valence-electron chi connectivity index (χ1n) is 9.72. The van der Waals surface area contributed by atoms with Crippen LogP contribution in [-0.4, -0.2) is 26.9 Å². The maximum absolute atomic E-state index is 13.6. The molecule has 2 N–H and O–H groups in total. The number of carbonyl (C=O) groups is 2. The summed E-state index contributed by atoms with van der Waals surface area (Å²) in [6.07, 6.45) is 0. The van der Waals surface area contributed by atoms with Crippen molar-refractivity contribution < 1.29 is 27.1 Å². The van der Waals surface area contributed by atoms with E-state index in [1.807, 2.05) is 0 Å². The van der Waals surface area contributed by atoms with Gasteiger partial charge in [-0.1, -0.05) is 35.9 Å². The van der Waals surface area contributed by atoms with Gasteiger partial charge in [-0.3, -0.25) is 9.52 Å². The van der Waals surface area contributed by atoms with Crippen LogP contribution in [-0.2, 0) is 26.1 Å². The van der Waals surface area contributed by atoms with Crippen LogP contribution >= 0.6 is 11.6 Å². The number of amides is 1. The average molecular weight is 491 g/mol. The van der Waals surface area contributed by atoms with E-state index in [0.29, 0.717) is 16.1 Å². The first kappa shape index (κ1) is 24.2. The van der Waals surface area contributed by atoms with Gasteiger partial charge in [0.05, 0.1) is 16.1 Å². The zero-order valence-corrected chi connectivity index (χ0v) is 19.0. The maximum Gasteiger partial charge on any atom is 0.340 e. The van der Waals surface area contributed by atoms with Crippen LogP contribution < -0.4 is 10.0 Å². The van der Waals surface area contributed by atoms with E-state index in [-0.39, 0.29) is 28.5 Å². The summed E-state index contributed by atoms with van der Waals surface area (Å²) in [6.45, 7) is 1.10. The largest absolute Gasteiger partial charge is 0.452 e. The third kappa shape index (κ3) is 6.53. The van der Waals surface area contributed by atoms with Crippen LogP contribution in [0.1, 0.15) is 21.5 Å². The summed E-state index contributed by atoms with van der Waals surface area (Å²) in [4.78, 5) is 24.5. The molecule has 0 aliphatic rings. The quantitative estimate of drug-likeness (QED) is 0.464. The van der Waals surface area contributed by atoms with Crippen molar-refractivity contribution in [2.24, 2.45) is 0 Å². The number of anilines is 1. The molecule has 0 bridgehead atoms. The topological polar surface area (TPSA) is 102 Å². The molecule has 0 spiro atoms. The second kappa shape index (κ2) is 10.5. The third-order valence-corrected chi connectivity index (χ3v) is 6.21. The highest BCUT2D eigenvalue weighted by Gasteiger charge is 2.20. The normalized spacial score (nSPS) is 11.0. The molecular formula is C23H20ClFN2O5S. The molecule has 0 radical (unpaired) electrons. The lowest BCUT2D eigenvalue weighted by Crippen LogP contribution is -2.28. The first-order chi connectivity index (χ1) is 15.7. The number of benzene rings is 3. The number of sulfonamides is 1. The van der Waals surface area contributed by atoms with Gasteiger partial charge >= 0.3 is 5.97 Å². The lowest BCUT2D eigenvalue weighted by Gasteiger charge is -2.12. The lowest BCUT2D eigenvalue weighted by atomic mass is 10.1. The van der Waals surface area contributed by atoms with Gasteiger partial charge in [-0.25, -0.2) is 17.6 Å². The number of carbonyl (C=O) groups excluding carboxylic acids is 2. The molecule has 0 aliphatic carbocycles. The zero-order chi connectivity index (χ0) is 24.0. The maximum atomic E-state index is 13.6. The molecule has 172 valence electrons. The molecule has 7 nitrogen and oxygen atoms in total. The molecule has 3 aromatic rings. The Morgan fingerprint density at radius 3 is 2.42 bits per heavy atom. The van der Waals surface area contributed by atoms with Crippen molar-refractivity contribution in [3.05, 3.63) is 94.3 Å². The summed E-state index contributed by atoms with van der Waals surface area (Å²) < 4.78 is 46.2. The van der Waals surface area contributed by atoms with Crippen molar-refractivity contribution in [2.45, 2.75) is 18.4 Å². The number of aryl methyl sites for hydroxylation is 1. The number of nitrogens with one attached hydrogen (secondary N) is 2. The minimum Gasteiger partial charge on any atom is -0.452 e. The van der Waals surface area contributed by atoms with Crippen LogP contribution in [0.2, 0.25) is 5.02 Å². The highest BCUT2D eigenvalue weighted by Crippen LogP contribution is 2.22. The van der Waals surface area contributed by atoms with Crippen LogP contribution in [0.15, 0.2) is 71.6 Å². The lowest BCUT2D eigenvalue weighted by molar-refractivity contribution is -0.124. The van der Waals surface area contributed by atoms with Gasteiger partial charge in [-0.05, 0) is 60.5 Å². The Bertz CT molecular complexity index is 1280. The second-order valence-corrected chi connectivity index (χ2v) is 9.16. The molecule has 10 heteroatoms. The fourth-order valence-corrected chi connectivity index (χ4v) is 3.98. The SMILES string of the molecule is Cc1ccc(CNC(=O)COC(=O)c2ccccc2NS(=O)(=O)c2ccc(Cl)cc2)cc1F. The van der Waals surface area contributed by atoms with Crippen molar-refractivity contribution in [2.75, 3.05) is 11.3 Å². The third-order valence-electron chi connectivity index (χ3n) is 4.58. The molecule has 0 saturated heterocycles. The van der Waals surface area contributed by atoms with Gasteiger partial charge in [0.25, 0.3) is 15.9 Å². The van der Waals surface area contributed by atoms with Crippen LogP contribution in [0, 0.1) is 12.7 Å². The number of hydrogen-bond acceptors (Lipinski definition) is 5. The number of hydrogen-bond donors (Lipinski definition) is 2. The fourth-order valence-electron chi connectivity index (χ4n) is 2.77. The van der Waals surface area contributed by atoms with E-state index in [1.165, 1.54) is 48.5 Å². The van der Waals surface area contributed by atoms with Gasteiger partial charge < -0.3 is 10.1 Å². The van der Waals surface area contributed by atoms with Gasteiger partial charge in [0.2, 0.25) is 0 Å². The van der Waals surface area contributed by atoms with E-state index in [0.717, 1.165) is 0 Å². The molecular weight excluding hydrogens is 471 g/mol. The highest BCUT2D eigenvalue weighted by atomic mass is 35.5. The number of esters is 1. The summed E-state index contributed by atoms with van der Waals surface area (Å²) in [7, 11) is -3.99. The van der Waals surface area contributed by atoms with E-state index in [4.69, 9.17) is 16.3 Å². The van der Waals surface area contributed by atoms with E-state index >= 15 is 0 Å². The predicted octanol–water partition coefficient (Wildman–Crippen LogP) is 4.06. The zero-order valence-electron chi connectivity index (χ0n) is 17.5. The number of para-hydroxylation sites is 1. The molecule has 1 amide bonds. The monoisotopic (exact) mass is 490 g/mol. The minimum absolute atomic E-state index is 0.00649. The molecule has 0 unspecified atom stereocenters. The van der Waals surface area contributed by atoms with E-state index < -0.39 is 28.5 Å². The molecule has 33 heavy (non-hydrogen) atoms. The minimum atomic E-state index is -3.99. The Balaban J connectivity index is 1.61. The number of halogens is 2. The summed E-state index contributed by atoms with van der Waals surface area (Å²) in [5.41, 5.74) is 0.973. The Morgan fingerprint density at radius 1 is 1.03 bits per heavy atom. The summed E-state index contributed by atoms with van der Waals surface area (Å²) >= 11 is 5.79. The van der Waals surface area contributed by atoms with Crippen molar-refractivity contribution in [1.82, 2.24) is 5.32 Å². The smallest absolute Gasteiger partial charge is 0.340 e. The van der Waals surface area contributed by atoms with E-state index in [9.17, 15) is 22.4 Å². The van der Waals surface area contributed by atoms with Crippen molar-refractivity contribution in [3.8, 4) is 0 Å². The summed E-state index contributed by atoms with van der Waals surface area (Å²) in [5, 5.41) is 2.90. The van der Waals surface area contributed by atoms with Crippen LogP contribution in [0.3, 0.4) is 0 Å². The second-order valence-electron chi connectivity index (χ2n) is 7.04. The Hall–Kier alpha value is -3.43. The summed E-state index contributed by atoms with van der Waals surface area (Å²) in [6, 6.07) is 15.9. The number of ether oxygens (including phenoxy) is 1. The fraction of sp³-hybridized carbons (Fsp3) is 0.130. The van der Waals surface area contributed by atoms with E-state index in [2.05, 4.69) is 10.0 Å². The molecule has 0 aliphatic heterocycles. The molecule has 0 saturated carbocycles. The van der Waals surface area contributed by atoms with Crippen LogP contribution in [0.4, 0.5) is 10.1 Å². The Labute approximate surface area is 195 Å². The molecule has 3 aromatic carbocycles. The Morgan fingerprint density at radius 2 is 1.73 bits per heavy atom. The van der Waals surface area contributed by atoms with Gasteiger partial charge in [-0.15, -0.1) is 0 Å². The van der Waals surface area contributed by atoms with Gasteiger partial charge in [-0.2, -0.15) is 0 Å². The van der Waals surface area contributed by atoms with Crippen molar-refractivity contribution >= 4 is 39.2 Å². The average Bonchev–Trinajstić information content (AvgIpc) is 2.78. The molecule has 3 rings (SSSR count). The van der Waals surface area contributed by atoms with E-state index in [1.54, 1.807) is 25.1 Å². The van der Waals surface area contributed by atoms with Gasteiger partial charge in [0.15, 0.2) is 6.61 Å². The molecule has 0 aromatic heterocycles. The first-order valence-corrected chi connectivity index (χ1v) is 11.6. The van der Waals surface area contributed by atoms with Crippen molar-refractivity contribution in [3.63, 3.8) is 0 Å². The van der Waals surface area contributed by atoms with Crippen LogP contribution in [0.5, 0.6) is 0 Å². The van der Waals surface area contributed by atoms with Crippen LogP contribution in [0.25, 0.3) is 0 Å². The highest BCUT2D eigenvalue weighted by molar-refractivity contribution is 7.92. The van der Waals surface area contributed by atoms with Gasteiger partial charge in [0.1, 0.15) is 5.82 Å². The van der Waals surface area contributed by atoms with Crippen molar-refractivity contribution in [1.29, 1.82) is 0 Å². The number of rotatable bonds is 8. The van der Waals surface area contributed by atoms with Gasteiger partial charge in [0, 0.05) is 11.6 Å². The molecule has 0 heterocycles. The summed E-state index contributed by atoms with van der Waals surface area (Å²) in [5.74, 6) is -1.87.